The average molecular weight is 846 g/mol. The van der Waals surface area contributed by atoms with E-state index in [9.17, 15) is 33.2 Å². The summed E-state index contributed by atoms with van der Waals surface area (Å²) >= 11 is 0. The number of ether oxygens (including phenoxy) is 1. The molecule has 3 N–H and O–H groups in total. The van der Waals surface area contributed by atoms with Crippen molar-refractivity contribution in [1.29, 1.82) is 0 Å². The Hall–Kier alpha value is -6.19. The summed E-state index contributed by atoms with van der Waals surface area (Å²) in [6, 6.07) is 22.8. The van der Waals surface area contributed by atoms with Gasteiger partial charge in [0.05, 0.1) is 17.7 Å². The van der Waals surface area contributed by atoms with Crippen molar-refractivity contribution in [3.63, 3.8) is 0 Å². The minimum Gasteiger partial charge on any atom is -0.494 e. The van der Waals surface area contributed by atoms with Crippen LogP contribution >= 0.6 is 0 Å². The van der Waals surface area contributed by atoms with E-state index >= 15 is 0 Å². The molecule has 4 aliphatic heterocycles. The van der Waals surface area contributed by atoms with Gasteiger partial charge in [-0.05, 0) is 117 Å². The van der Waals surface area contributed by atoms with E-state index in [2.05, 4.69) is 75.1 Å². The molecular weight excluding hydrogens is 794 g/mol. The third-order valence-electron chi connectivity index (χ3n) is 12.6. The Bertz CT molecular complexity index is 2370. The second kappa shape index (κ2) is 18.8. The van der Waals surface area contributed by atoms with E-state index in [1.807, 2.05) is 0 Å². The number of nitrogens with zero attached hydrogens (tertiary/aromatic N) is 4. The van der Waals surface area contributed by atoms with Gasteiger partial charge in [-0.25, -0.2) is 9.18 Å². The predicted molar refractivity (Wildman–Crippen MR) is 230 cm³/mol. The zero-order valence-electron chi connectivity index (χ0n) is 34.9. The summed E-state index contributed by atoms with van der Waals surface area (Å²) in [4.78, 5) is 83.7. The molecule has 0 radical (unpaired) electrons. The number of carbonyl (C=O) groups is 6. The molecule has 0 bridgehead atoms. The van der Waals surface area contributed by atoms with Crippen LogP contribution in [0.25, 0.3) is 10.8 Å². The maximum atomic E-state index is 14.7. The molecule has 0 aliphatic carbocycles. The monoisotopic (exact) mass is 845 g/mol. The first-order valence-electron chi connectivity index (χ1n) is 21.6. The van der Waals surface area contributed by atoms with E-state index in [0.29, 0.717) is 49.8 Å². The molecule has 4 aliphatic rings. The molecule has 4 aromatic rings. The molecule has 1 unspecified atom stereocenters. The fraction of sp³-hybridized carbons (Fsp3) is 0.404. The van der Waals surface area contributed by atoms with E-state index < -0.39 is 35.5 Å². The summed E-state index contributed by atoms with van der Waals surface area (Å²) in [6.45, 7) is 7.60. The fourth-order valence-electron chi connectivity index (χ4n) is 9.06. The summed E-state index contributed by atoms with van der Waals surface area (Å²) in [5.74, 6) is -2.43. The standard InChI is InChI=1S/C47H52FN7O7/c1-30(37-10-6-8-32-7-2-3-9-38(32)37)53-18-15-33(16-19-53)43(57)49-29-31-25-34(48)27-35(26-31)50-47(61)54-22-20-52(21-23-54)17-4-5-24-62-36-11-12-39-40(28-36)46(60)55(45(39)59)41-13-14-42(56)51-44(41)58/h2-3,6-12,25-28,30,33,41H,4-5,13-24,29H2,1H3,(H,49,57)(H,50,61)(H,51,56,58)/t30-,41?/m1/s1. The molecule has 14 nitrogen and oxygen atoms in total. The summed E-state index contributed by atoms with van der Waals surface area (Å²) < 4.78 is 20.6. The second-order valence-electron chi connectivity index (χ2n) is 16.6. The number of hydrogen-bond donors (Lipinski definition) is 3. The zero-order valence-corrected chi connectivity index (χ0v) is 34.9. The number of imide groups is 2. The van der Waals surface area contributed by atoms with Gasteiger partial charge in [-0.2, -0.15) is 0 Å². The Kier molecular flexibility index (Phi) is 12.9. The van der Waals surface area contributed by atoms with Crippen molar-refractivity contribution in [3.8, 4) is 5.75 Å². The molecule has 0 aromatic heterocycles. The van der Waals surface area contributed by atoms with Crippen molar-refractivity contribution in [2.45, 2.75) is 64.1 Å². The molecule has 62 heavy (non-hydrogen) atoms. The number of piperidine rings is 2. The minimum absolute atomic E-state index is 0.0418. The van der Waals surface area contributed by atoms with E-state index in [1.54, 1.807) is 17.0 Å². The lowest BCUT2D eigenvalue weighted by Gasteiger charge is -2.36. The van der Waals surface area contributed by atoms with Gasteiger partial charge in [0, 0.05) is 56.8 Å². The normalized spacial score (nSPS) is 19.4. The number of rotatable bonds is 13. The number of anilines is 1. The molecule has 8 rings (SSSR count). The number of benzene rings is 4. The van der Waals surface area contributed by atoms with Crippen molar-refractivity contribution >= 4 is 52.0 Å². The molecule has 3 saturated heterocycles. The lowest BCUT2D eigenvalue weighted by Crippen LogP contribution is -2.54. The second-order valence-corrected chi connectivity index (χ2v) is 16.6. The van der Waals surface area contributed by atoms with Crippen LogP contribution in [0.2, 0.25) is 0 Å². The fourth-order valence-corrected chi connectivity index (χ4v) is 9.06. The molecule has 0 saturated carbocycles. The van der Waals surface area contributed by atoms with Crippen molar-refractivity contribution < 1.29 is 37.9 Å². The van der Waals surface area contributed by atoms with Gasteiger partial charge in [0.1, 0.15) is 17.6 Å². The molecule has 7 amide bonds. The largest absolute Gasteiger partial charge is 0.494 e. The Morgan fingerprint density at radius 3 is 2.39 bits per heavy atom. The van der Waals surface area contributed by atoms with Crippen LogP contribution in [0, 0.1) is 11.7 Å². The van der Waals surface area contributed by atoms with Crippen molar-refractivity contribution in [1.82, 2.24) is 30.2 Å². The molecule has 15 heteroatoms. The predicted octanol–water partition coefficient (Wildman–Crippen LogP) is 5.48. The summed E-state index contributed by atoms with van der Waals surface area (Å²) in [6.07, 6.45) is 3.21. The van der Waals surface area contributed by atoms with Gasteiger partial charge >= 0.3 is 6.03 Å². The van der Waals surface area contributed by atoms with Gasteiger partial charge in [-0.3, -0.25) is 44.0 Å². The maximum absolute atomic E-state index is 14.7. The van der Waals surface area contributed by atoms with Gasteiger partial charge in [0.15, 0.2) is 0 Å². The number of piperazine rings is 1. The third kappa shape index (κ3) is 9.48. The highest BCUT2D eigenvalue weighted by molar-refractivity contribution is 6.23. The van der Waals surface area contributed by atoms with E-state index in [1.165, 1.54) is 40.6 Å². The van der Waals surface area contributed by atoms with E-state index in [-0.39, 0.29) is 54.4 Å². The van der Waals surface area contributed by atoms with Crippen LogP contribution in [0.1, 0.15) is 83.3 Å². The number of fused-ring (bicyclic) bond motifs is 2. The highest BCUT2D eigenvalue weighted by atomic mass is 19.1. The number of halogens is 1. The van der Waals surface area contributed by atoms with Crippen LogP contribution in [-0.2, 0) is 20.9 Å². The minimum atomic E-state index is -1.02. The van der Waals surface area contributed by atoms with Crippen LogP contribution in [0.15, 0.2) is 78.9 Å². The van der Waals surface area contributed by atoms with Crippen LogP contribution in [-0.4, -0.2) is 114 Å². The Labute approximate surface area is 359 Å². The summed E-state index contributed by atoms with van der Waals surface area (Å²) in [5.41, 5.74) is 2.57. The van der Waals surface area contributed by atoms with Gasteiger partial charge < -0.3 is 20.3 Å². The Morgan fingerprint density at radius 1 is 0.839 bits per heavy atom. The lowest BCUT2D eigenvalue weighted by molar-refractivity contribution is -0.136. The van der Waals surface area contributed by atoms with Crippen molar-refractivity contribution in [3.05, 3.63) is 107 Å². The molecule has 324 valence electrons. The SMILES string of the molecule is C[C@H](c1cccc2ccccc12)N1CCC(C(=O)NCc2cc(F)cc(NC(=O)N3CCN(CCCCOc4ccc5c(c4)C(=O)N(C4CCC(=O)NC4=O)C5=O)CC3)c2)CC1. The average Bonchev–Trinajstić information content (AvgIpc) is 3.52. The van der Waals surface area contributed by atoms with Gasteiger partial charge in [0.25, 0.3) is 11.8 Å². The third-order valence-corrected chi connectivity index (χ3v) is 12.6. The smallest absolute Gasteiger partial charge is 0.321 e. The topological polar surface area (TPSA) is 161 Å². The molecule has 0 spiro atoms. The van der Waals surface area contributed by atoms with Crippen molar-refractivity contribution in [2.24, 2.45) is 5.92 Å². The number of amides is 7. The number of urea groups is 1. The van der Waals surface area contributed by atoms with Crippen LogP contribution in [0.5, 0.6) is 5.75 Å². The number of nitrogens with one attached hydrogen (secondary N) is 3. The van der Waals surface area contributed by atoms with E-state index in [0.717, 1.165) is 50.2 Å². The first-order valence-corrected chi connectivity index (χ1v) is 21.6. The van der Waals surface area contributed by atoms with Gasteiger partial charge in [0.2, 0.25) is 17.7 Å². The Morgan fingerprint density at radius 2 is 1.60 bits per heavy atom. The van der Waals surface area contributed by atoms with Crippen molar-refractivity contribution in [2.75, 3.05) is 57.7 Å². The number of hydrogen-bond acceptors (Lipinski definition) is 9. The van der Waals surface area contributed by atoms with Gasteiger partial charge in [-0.1, -0.05) is 42.5 Å². The molecule has 4 aromatic carbocycles. The van der Waals surface area contributed by atoms with Crippen LogP contribution in [0.4, 0.5) is 14.9 Å². The lowest BCUT2D eigenvalue weighted by atomic mass is 9.92. The highest BCUT2D eigenvalue weighted by Gasteiger charge is 2.44. The molecule has 4 heterocycles. The molecular formula is C47H52FN7O7. The number of likely N-dealkylation sites (tertiary alicyclic amines) is 1. The molecule has 3 fully saturated rings. The molecule has 2 atom stereocenters. The number of carbonyl (C=O) groups excluding carboxylic acids is 6. The van der Waals surface area contributed by atoms with Crippen LogP contribution < -0.4 is 20.7 Å². The Balaban J connectivity index is 0.727. The van der Waals surface area contributed by atoms with E-state index in [4.69, 9.17) is 4.74 Å². The zero-order chi connectivity index (χ0) is 43.3. The maximum Gasteiger partial charge on any atom is 0.321 e. The first-order chi connectivity index (χ1) is 30.0. The summed E-state index contributed by atoms with van der Waals surface area (Å²) in [7, 11) is 0. The van der Waals surface area contributed by atoms with Crippen LogP contribution in [0.3, 0.4) is 0 Å². The summed E-state index contributed by atoms with van der Waals surface area (Å²) in [5, 5.41) is 10.5. The number of unbranched alkanes of at least 4 members (excludes halogenated alkanes) is 1. The quantitative estimate of drug-likeness (QED) is 0.117. The highest BCUT2D eigenvalue weighted by Crippen LogP contribution is 2.32. The van der Waals surface area contributed by atoms with Gasteiger partial charge in [-0.15, -0.1) is 0 Å². The first kappa shape index (κ1) is 42.5.